The molecule has 0 fully saturated rings. The Morgan fingerprint density at radius 3 is 2.67 bits per heavy atom. The number of nitrogens with one attached hydrogen (secondary N) is 1. The molecule has 1 rings (SSSR count). The first-order valence-corrected chi connectivity index (χ1v) is 3.93. The van der Waals surface area contributed by atoms with E-state index >= 15 is 0 Å². The van der Waals surface area contributed by atoms with E-state index in [1.54, 1.807) is 0 Å². The summed E-state index contributed by atoms with van der Waals surface area (Å²) < 4.78 is 0. The molecule has 0 aliphatic rings. The van der Waals surface area contributed by atoms with Gasteiger partial charge in [-0.05, 0) is 0 Å². The summed E-state index contributed by atoms with van der Waals surface area (Å²) in [4.78, 5) is 4.13. The van der Waals surface area contributed by atoms with Gasteiger partial charge in [-0.25, -0.2) is 4.98 Å². The maximum Gasteiger partial charge on any atom is 0.153 e. The van der Waals surface area contributed by atoms with E-state index in [2.05, 4.69) is 15.2 Å². The summed E-state index contributed by atoms with van der Waals surface area (Å²) in [6.45, 7) is 3.88. The molecule has 0 bridgehead atoms. The van der Waals surface area contributed by atoms with E-state index in [4.69, 9.17) is 10.8 Å². The second kappa shape index (κ2) is 3.64. The molecule has 5 nitrogen and oxygen atoms in total. The van der Waals surface area contributed by atoms with Crippen LogP contribution in [0.1, 0.15) is 37.5 Å². The monoisotopic (exact) mass is 170 g/mol. The van der Waals surface area contributed by atoms with Crippen molar-refractivity contribution < 1.29 is 5.11 Å². The fraction of sp³-hybridized carbons (Fsp3) is 0.714. The highest BCUT2D eigenvalue weighted by molar-refractivity contribution is 4.98. The zero-order valence-electron chi connectivity index (χ0n) is 7.28. The molecule has 0 unspecified atom stereocenters. The summed E-state index contributed by atoms with van der Waals surface area (Å²) in [7, 11) is 0. The van der Waals surface area contributed by atoms with E-state index in [0.717, 1.165) is 5.82 Å². The Hall–Kier alpha value is -0.940. The van der Waals surface area contributed by atoms with Crippen LogP contribution in [0.5, 0.6) is 0 Å². The van der Waals surface area contributed by atoms with Crippen molar-refractivity contribution in [2.75, 3.05) is 6.61 Å². The van der Waals surface area contributed by atoms with Gasteiger partial charge in [0, 0.05) is 5.92 Å². The molecule has 1 heterocycles. The fourth-order valence-corrected chi connectivity index (χ4v) is 0.798. The third-order valence-electron chi connectivity index (χ3n) is 1.58. The predicted octanol–water partition coefficient (Wildman–Crippen LogP) is -0.0798. The van der Waals surface area contributed by atoms with E-state index in [1.165, 1.54) is 0 Å². The lowest BCUT2D eigenvalue weighted by atomic mass is 10.2. The lowest BCUT2D eigenvalue weighted by Crippen LogP contribution is -2.16. The summed E-state index contributed by atoms with van der Waals surface area (Å²) in [6.07, 6.45) is 0. The van der Waals surface area contributed by atoms with Gasteiger partial charge >= 0.3 is 0 Å². The average Bonchev–Trinajstić information content (AvgIpc) is 2.51. The van der Waals surface area contributed by atoms with Crippen LogP contribution in [0, 0.1) is 0 Å². The number of hydrogen-bond donors (Lipinski definition) is 3. The van der Waals surface area contributed by atoms with Gasteiger partial charge in [0.2, 0.25) is 0 Å². The molecule has 0 saturated carbocycles. The third kappa shape index (κ3) is 1.80. The fourth-order valence-electron chi connectivity index (χ4n) is 0.798. The van der Waals surface area contributed by atoms with Crippen molar-refractivity contribution in [3.63, 3.8) is 0 Å². The molecule has 0 amide bonds. The van der Waals surface area contributed by atoms with Crippen molar-refractivity contribution in [3.05, 3.63) is 11.6 Å². The first kappa shape index (κ1) is 9.15. The van der Waals surface area contributed by atoms with Gasteiger partial charge in [0.15, 0.2) is 5.82 Å². The number of aliphatic hydroxyl groups is 1. The van der Waals surface area contributed by atoms with Crippen molar-refractivity contribution in [1.82, 2.24) is 15.2 Å². The van der Waals surface area contributed by atoms with Gasteiger partial charge in [0.1, 0.15) is 5.82 Å². The SMILES string of the molecule is CC(C)c1n[nH]c([C@@H](N)CO)n1. The molecule has 0 aliphatic heterocycles. The summed E-state index contributed by atoms with van der Waals surface area (Å²) in [5, 5.41) is 15.4. The normalized spacial score (nSPS) is 13.8. The minimum absolute atomic E-state index is 0.118. The van der Waals surface area contributed by atoms with Crippen LogP contribution in [0.2, 0.25) is 0 Å². The van der Waals surface area contributed by atoms with Crippen LogP contribution in [0.15, 0.2) is 0 Å². The van der Waals surface area contributed by atoms with Crippen LogP contribution >= 0.6 is 0 Å². The summed E-state index contributed by atoms with van der Waals surface area (Å²) in [6, 6.07) is -0.454. The number of aromatic nitrogens is 3. The van der Waals surface area contributed by atoms with E-state index in [0.29, 0.717) is 5.82 Å². The van der Waals surface area contributed by atoms with Crippen LogP contribution in [-0.4, -0.2) is 26.9 Å². The molecule has 68 valence electrons. The number of nitrogens with zero attached hydrogens (tertiary/aromatic N) is 2. The van der Waals surface area contributed by atoms with Crippen molar-refractivity contribution in [1.29, 1.82) is 0 Å². The highest BCUT2D eigenvalue weighted by Gasteiger charge is 2.11. The Morgan fingerprint density at radius 1 is 1.58 bits per heavy atom. The summed E-state index contributed by atoms with van der Waals surface area (Å²) in [5.74, 6) is 1.55. The van der Waals surface area contributed by atoms with Crippen LogP contribution in [0.4, 0.5) is 0 Å². The lowest BCUT2D eigenvalue weighted by molar-refractivity contribution is 0.263. The molecule has 0 aliphatic carbocycles. The second-order valence-corrected chi connectivity index (χ2v) is 3.02. The van der Waals surface area contributed by atoms with Crippen molar-refractivity contribution in [3.8, 4) is 0 Å². The van der Waals surface area contributed by atoms with E-state index in [1.807, 2.05) is 13.8 Å². The van der Waals surface area contributed by atoms with Crippen LogP contribution < -0.4 is 5.73 Å². The van der Waals surface area contributed by atoms with Gasteiger partial charge in [-0.3, -0.25) is 5.10 Å². The second-order valence-electron chi connectivity index (χ2n) is 3.02. The molecule has 0 radical (unpaired) electrons. The largest absolute Gasteiger partial charge is 0.394 e. The molecule has 12 heavy (non-hydrogen) atoms. The first-order chi connectivity index (χ1) is 5.65. The van der Waals surface area contributed by atoms with Gasteiger partial charge in [-0.15, -0.1) is 0 Å². The van der Waals surface area contributed by atoms with Crippen molar-refractivity contribution >= 4 is 0 Å². The van der Waals surface area contributed by atoms with E-state index in [-0.39, 0.29) is 12.5 Å². The Labute approximate surface area is 71.0 Å². The van der Waals surface area contributed by atoms with E-state index in [9.17, 15) is 0 Å². The van der Waals surface area contributed by atoms with Gasteiger partial charge in [0.05, 0.1) is 12.6 Å². The zero-order valence-corrected chi connectivity index (χ0v) is 7.28. The maximum absolute atomic E-state index is 8.72. The molecule has 4 N–H and O–H groups in total. The first-order valence-electron chi connectivity index (χ1n) is 3.93. The summed E-state index contributed by atoms with van der Waals surface area (Å²) >= 11 is 0. The Bertz CT molecular complexity index is 245. The minimum atomic E-state index is -0.454. The number of aliphatic hydroxyl groups excluding tert-OH is 1. The minimum Gasteiger partial charge on any atom is -0.394 e. The molecular formula is C7H14N4O. The molecule has 1 aromatic rings. The number of nitrogens with two attached hydrogens (primary N) is 1. The Balaban J connectivity index is 2.77. The van der Waals surface area contributed by atoms with Gasteiger partial charge in [-0.2, -0.15) is 5.10 Å². The Morgan fingerprint density at radius 2 is 2.25 bits per heavy atom. The summed E-state index contributed by atoms with van der Waals surface area (Å²) in [5.41, 5.74) is 5.52. The van der Waals surface area contributed by atoms with Crippen molar-refractivity contribution in [2.45, 2.75) is 25.8 Å². The Kier molecular flexibility index (Phi) is 2.78. The highest BCUT2D eigenvalue weighted by Crippen LogP contribution is 2.10. The topological polar surface area (TPSA) is 87.8 Å². The highest BCUT2D eigenvalue weighted by atomic mass is 16.3. The maximum atomic E-state index is 8.72. The average molecular weight is 170 g/mol. The third-order valence-corrected chi connectivity index (χ3v) is 1.58. The molecule has 0 aromatic carbocycles. The predicted molar refractivity (Wildman–Crippen MR) is 44.5 cm³/mol. The van der Waals surface area contributed by atoms with Crippen LogP contribution in [0.25, 0.3) is 0 Å². The van der Waals surface area contributed by atoms with Crippen LogP contribution in [-0.2, 0) is 0 Å². The smallest absolute Gasteiger partial charge is 0.153 e. The molecule has 0 spiro atoms. The zero-order chi connectivity index (χ0) is 9.14. The number of hydrogen-bond acceptors (Lipinski definition) is 4. The molecule has 5 heteroatoms. The van der Waals surface area contributed by atoms with Crippen LogP contribution in [0.3, 0.4) is 0 Å². The molecular weight excluding hydrogens is 156 g/mol. The van der Waals surface area contributed by atoms with Gasteiger partial charge in [0.25, 0.3) is 0 Å². The molecule has 1 atom stereocenters. The standard InChI is InChI=1S/C7H14N4O/c1-4(2)6-9-7(11-10-6)5(8)3-12/h4-5,12H,3,8H2,1-2H3,(H,9,10,11)/t5-/m0/s1. The van der Waals surface area contributed by atoms with Gasteiger partial charge < -0.3 is 10.8 Å². The lowest BCUT2D eigenvalue weighted by Gasteiger charge is -2.01. The number of H-pyrrole nitrogens is 1. The van der Waals surface area contributed by atoms with Gasteiger partial charge in [-0.1, -0.05) is 13.8 Å². The molecule has 0 saturated heterocycles. The molecule has 1 aromatic heterocycles. The number of aromatic amines is 1. The number of rotatable bonds is 3. The van der Waals surface area contributed by atoms with Crippen molar-refractivity contribution in [2.24, 2.45) is 5.73 Å². The van der Waals surface area contributed by atoms with E-state index < -0.39 is 6.04 Å². The quantitative estimate of drug-likeness (QED) is 0.592.